The molecule has 19 heavy (non-hydrogen) atoms. The third-order valence-electron chi connectivity index (χ3n) is 3.13. The largest absolute Gasteiger partial charge is 0.317 e. The molecule has 0 aliphatic heterocycles. The molecule has 0 radical (unpaired) electrons. The standard InChI is InChI=1S/C15H17F2NS/c1-18-14(4-5-15-3-2-6-19-15)9-11-7-12(16)10-13(17)8-11/h2-3,6-8,10,14,18H,4-5,9H2,1H3. The molecule has 1 unspecified atom stereocenters. The minimum atomic E-state index is -0.511. The molecule has 102 valence electrons. The Hall–Kier alpha value is -1.26. The van der Waals surface area contributed by atoms with E-state index >= 15 is 0 Å². The molecule has 0 saturated carbocycles. The number of nitrogens with one attached hydrogen (secondary N) is 1. The first kappa shape index (κ1) is 14.2. The Labute approximate surface area is 116 Å². The second-order valence-corrected chi connectivity index (χ2v) is 5.62. The molecule has 0 fully saturated rings. The van der Waals surface area contributed by atoms with Crippen LogP contribution in [0.25, 0.3) is 0 Å². The van der Waals surface area contributed by atoms with Gasteiger partial charge in [-0.25, -0.2) is 8.78 Å². The molecule has 0 saturated heterocycles. The lowest BCUT2D eigenvalue weighted by Crippen LogP contribution is -2.28. The number of likely N-dealkylation sites (N-methyl/N-ethyl adjacent to an activating group) is 1. The van der Waals surface area contributed by atoms with Crippen LogP contribution >= 0.6 is 11.3 Å². The van der Waals surface area contributed by atoms with Gasteiger partial charge >= 0.3 is 0 Å². The van der Waals surface area contributed by atoms with Gasteiger partial charge in [-0.2, -0.15) is 0 Å². The van der Waals surface area contributed by atoms with Gasteiger partial charge in [0.2, 0.25) is 0 Å². The van der Waals surface area contributed by atoms with Crippen LogP contribution in [0.3, 0.4) is 0 Å². The van der Waals surface area contributed by atoms with Crippen LogP contribution in [0, 0.1) is 11.6 Å². The van der Waals surface area contributed by atoms with E-state index in [1.165, 1.54) is 17.0 Å². The fraction of sp³-hybridized carbons (Fsp3) is 0.333. The maximum absolute atomic E-state index is 13.1. The summed E-state index contributed by atoms with van der Waals surface area (Å²) in [6.45, 7) is 0. The highest BCUT2D eigenvalue weighted by atomic mass is 32.1. The minimum Gasteiger partial charge on any atom is -0.317 e. The van der Waals surface area contributed by atoms with Crippen LogP contribution in [-0.2, 0) is 12.8 Å². The van der Waals surface area contributed by atoms with Gasteiger partial charge in [-0.1, -0.05) is 6.07 Å². The van der Waals surface area contributed by atoms with Crippen molar-refractivity contribution in [2.24, 2.45) is 0 Å². The zero-order valence-corrected chi connectivity index (χ0v) is 11.6. The van der Waals surface area contributed by atoms with Gasteiger partial charge in [-0.15, -0.1) is 11.3 Å². The number of rotatable bonds is 6. The molecule has 4 heteroatoms. The molecule has 0 aliphatic rings. The topological polar surface area (TPSA) is 12.0 Å². The molecule has 1 heterocycles. The fourth-order valence-corrected chi connectivity index (χ4v) is 2.86. The van der Waals surface area contributed by atoms with E-state index in [4.69, 9.17) is 0 Å². The molecular weight excluding hydrogens is 264 g/mol. The van der Waals surface area contributed by atoms with E-state index in [0.29, 0.717) is 12.0 Å². The van der Waals surface area contributed by atoms with E-state index in [1.54, 1.807) is 11.3 Å². The zero-order chi connectivity index (χ0) is 13.7. The van der Waals surface area contributed by atoms with Gasteiger partial charge < -0.3 is 5.32 Å². The van der Waals surface area contributed by atoms with Crippen molar-refractivity contribution in [3.05, 3.63) is 57.8 Å². The first-order chi connectivity index (χ1) is 9.17. The predicted molar refractivity (Wildman–Crippen MR) is 75.5 cm³/mol. The molecule has 1 aromatic carbocycles. The zero-order valence-electron chi connectivity index (χ0n) is 10.8. The summed E-state index contributed by atoms with van der Waals surface area (Å²) in [4.78, 5) is 1.34. The Morgan fingerprint density at radius 3 is 2.53 bits per heavy atom. The number of thiophene rings is 1. The molecular formula is C15H17F2NS. The van der Waals surface area contributed by atoms with Crippen LogP contribution in [0.15, 0.2) is 35.7 Å². The van der Waals surface area contributed by atoms with E-state index in [9.17, 15) is 8.78 Å². The van der Waals surface area contributed by atoms with Crippen molar-refractivity contribution in [2.75, 3.05) is 7.05 Å². The summed E-state index contributed by atoms with van der Waals surface area (Å²) in [6.07, 6.45) is 2.58. The third kappa shape index (κ3) is 4.40. The lowest BCUT2D eigenvalue weighted by atomic mass is 10.0. The van der Waals surface area contributed by atoms with Gasteiger partial charge in [0.25, 0.3) is 0 Å². The van der Waals surface area contributed by atoms with Crippen LogP contribution in [0.5, 0.6) is 0 Å². The highest BCUT2D eigenvalue weighted by Crippen LogP contribution is 2.15. The molecule has 2 rings (SSSR count). The Morgan fingerprint density at radius 1 is 1.21 bits per heavy atom. The van der Waals surface area contributed by atoms with Crippen LogP contribution in [0.1, 0.15) is 16.9 Å². The highest BCUT2D eigenvalue weighted by molar-refractivity contribution is 7.09. The van der Waals surface area contributed by atoms with Crippen molar-refractivity contribution in [2.45, 2.75) is 25.3 Å². The van der Waals surface area contributed by atoms with Gasteiger partial charge in [-0.05, 0) is 55.5 Å². The Bertz CT molecular complexity index is 491. The van der Waals surface area contributed by atoms with E-state index < -0.39 is 11.6 Å². The average molecular weight is 281 g/mol. The van der Waals surface area contributed by atoms with Crippen molar-refractivity contribution in [3.63, 3.8) is 0 Å². The number of halogens is 2. The molecule has 1 aromatic heterocycles. The van der Waals surface area contributed by atoms with Crippen molar-refractivity contribution in [1.82, 2.24) is 5.32 Å². The second-order valence-electron chi connectivity index (χ2n) is 4.59. The lowest BCUT2D eigenvalue weighted by molar-refractivity contribution is 0.515. The molecule has 1 N–H and O–H groups in total. The average Bonchev–Trinajstić information content (AvgIpc) is 2.86. The van der Waals surface area contributed by atoms with Gasteiger partial charge in [0.15, 0.2) is 0 Å². The van der Waals surface area contributed by atoms with Gasteiger partial charge in [0, 0.05) is 17.0 Å². The summed E-state index contributed by atoms with van der Waals surface area (Å²) in [5.41, 5.74) is 0.697. The van der Waals surface area contributed by atoms with Crippen molar-refractivity contribution in [3.8, 4) is 0 Å². The van der Waals surface area contributed by atoms with Crippen LogP contribution in [0.4, 0.5) is 8.78 Å². The molecule has 0 aliphatic carbocycles. The SMILES string of the molecule is CNC(CCc1cccs1)Cc1cc(F)cc(F)c1. The van der Waals surface area contributed by atoms with Crippen LogP contribution in [-0.4, -0.2) is 13.1 Å². The minimum absolute atomic E-state index is 0.225. The molecule has 0 bridgehead atoms. The van der Waals surface area contributed by atoms with Crippen LogP contribution in [0.2, 0.25) is 0 Å². The van der Waals surface area contributed by atoms with Gasteiger partial charge in [0.05, 0.1) is 0 Å². The number of benzene rings is 1. The maximum atomic E-state index is 13.1. The summed E-state index contributed by atoms with van der Waals surface area (Å²) in [5.74, 6) is -1.02. The summed E-state index contributed by atoms with van der Waals surface area (Å²) < 4.78 is 26.3. The summed E-state index contributed by atoms with van der Waals surface area (Å²) in [5, 5.41) is 5.27. The van der Waals surface area contributed by atoms with Gasteiger partial charge in [0.1, 0.15) is 11.6 Å². The third-order valence-corrected chi connectivity index (χ3v) is 4.07. The quantitative estimate of drug-likeness (QED) is 0.849. The maximum Gasteiger partial charge on any atom is 0.126 e. The van der Waals surface area contributed by atoms with Crippen molar-refractivity contribution < 1.29 is 8.78 Å². The number of hydrogen-bond donors (Lipinski definition) is 1. The van der Waals surface area contributed by atoms with E-state index in [1.807, 2.05) is 13.1 Å². The van der Waals surface area contributed by atoms with E-state index in [-0.39, 0.29) is 6.04 Å². The monoisotopic (exact) mass is 281 g/mol. The highest BCUT2D eigenvalue weighted by Gasteiger charge is 2.10. The van der Waals surface area contributed by atoms with E-state index in [2.05, 4.69) is 16.8 Å². The first-order valence-corrected chi connectivity index (χ1v) is 7.20. The smallest absolute Gasteiger partial charge is 0.126 e. The fourth-order valence-electron chi connectivity index (χ4n) is 2.13. The Balaban J connectivity index is 1.94. The molecule has 2 aromatic rings. The molecule has 1 nitrogen and oxygen atoms in total. The van der Waals surface area contributed by atoms with Crippen molar-refractivity contribution >= 4 is 11.3 Å². The number of aryl methyl sites for hydroxylation is 1. The predicted octanol–water partition coefficient (Wildman–Crippen LogP) is 3.79. The Morgan fingerprint density at radius 2 is 1.95 bits per heavy atom. The normalized spacial score (nSPS) is 12.6. The van der Waals surface area contributed by atoms with Gasteiger partial charge in [-0.3, -0.25) is 0 Å². The van der Waals surface area contributed by atoms with Crippen molar-refractivity contribution in [1.29, 1.82) is 0 Å². The summed E-state index contributed by atoms with van der Waals surface area (Å²) >= 11 is 1.74. The first-order valence-electron chi connectivity index (χ1n) is 6.32. The summed E-state index contributed by atoms with van der Waals surface area (Å²) in [6, 6.07) is 8.08. The molecule has 1 atom stereocenters. The molecule has 0 amide bonds. The van der Waals surface area contributed by atoms with Crippen LogP contribution < -0.4 is 5.32 Å². The van der Waals surface area contributed by atoms with E-state index in [0.717, 1.165) is 18.9 Å². The molecule has 0 spiro atoms. The second kappa shape index (κ2) is 6.78. The summed E-state index contributed by atoms with van der Waals surface area (Å²) in [7, 11) is 1.88. The Kier molecular flexibility index (Phi) is 5.05. The number of hydrogen-bond acceptors (Lipinski definition) is 2. The lowest BCUT2D eigenvalue weighted by Gasteiger charge is -2.16.